The molecule has 150 valence electrons. The van der Waals surface area contributed by atoms with Gasteiger partial charge in [0.15, 0.2) is 11.5 Å². The highest BCUT2D eigenvalue weighted by Crippen LogP contribution is 2.44. The minimum absolute atomic E-state index is 0.137. The quantitative estimate of drug-likeness (QED) is 0.264. The van der Waals surface area contributed by atoms with Gasteiger partial charge in [0.25, 0.3) is 0 Å². The summed E-state index contributed by atoms with van der Waals surface area (Å²) in [5, 5.41) is 7.02. The van der Waals surface area contributed by atoms with E-state index in [-0.39, 0.29) is 29.9 Å². The highest BCUT2D eigenvalue weighted by atomic mass is 19.4. The van der Waals surface area contributed by atoms with Crippen LogP contribution in [0.5, 0.6) is 0 Å². The molecule has 1 aromatic rings. The minimum Gasteiger partial charge on any atom is -0.383 e. The van der Waals surface area contributed by atoms with Crippen molar-refractivity contribution < 1.29 is 22.8 Å². The van der Waals surface area contributed by atoms with Crippen molar-refractivity contribution in [1.29, 1.82) is 0 Å². The number of nitrogens with zero attached hydrogens (tertiary/aromatic N) is 3. The zero-order valence-corrected chi connectivity index (χ0v) is 15.6. The molecule has 1 fully saturated rings. The molecule has 0 amide bonds. The third kappa shape index (κ3) is 5.58. The van der Waals surface area contributed by atoms with Crippen molar-refractivity contribution in [3.05, 3.63) is 29.6 Å². The number of rotatable bonds is 6. The van der Waals surface area contributed by atoms with Crippen molar-refractivity contribution in [2.45, 2.75) is 65.1 Å². The lowest BCUT2D eigenvalue weighted by Crippen LogP contribution is -2.28. The van der Waals surface area contributed by atoms with Gasteiger partial charge in [-0.25, -0.2) is 4.79 Å². The van der Waals surface area contributed by atoms with Crippen molar-refractivity contribution in [2.24, 2.45) is 16.3 Å². The highest BCUT2D eigenvalue weighted by Gasteiger charge is 2.35. The number of nitrogens with two attached hydrogens (primary N) is 1. The number of carbonyl (C=O) groups excluding carboxylic acids is 1. The summed E-state index contributed by atoms with van der Waals surface area (Å²) in [7, 11) is 0. The van der Waals surface area contributed by atoms with Crippen LogP contribution in [-0.4, -0.2) is 21.6 Å². The molecular formula is C18H25F3N4O2. The van der Waals surface area contributed by atoms with Crippen molar-refractivity contribution in [3.8, 4) is 0 Å². The lowest BCUT2D eigenvalue weighted by atomic mass is 9.69. The highest BCUT2D eigenvalue weighted by molar-refractivity contribution is 5.80. The second-order valence-electron chi connectivity index (χ2n) is 7.18. The second-order valence-corrected chi connectivity index (χ2v) is 7.18. The average molecular weight is 386 g/mol. The summed E-state index contributed by atoms with van der Waals surface area (Å²) >= 11 is 0. The van der Waals surface area contributed by atoms with Gasteiger partial charge in [-0.15, -0.1) is 0 Å². The molecule has 1 atom stereocenters. The van der Waals surface area contributed by atoms with E-state index in [4.69, 9.17) is 10.6 Å². The lowest BCUT2D eigenvalue weighted by molar-refractivity contribution is -0.147. The van der Waals surface area contributed by atoms with Crippen LogP contribution in [-0.2, 0) is 22.4 Å². The van der Waals surface area contributed by atoms with Gasteiger partial charge in [-0.3, -0.25) is 4.68 Å². The Bertz CT molecular complexity index is 739. The Balaban J connectivity index is 1.96. The predicted molar refractivity (Wildman–Crippen MR) is 94.6 cm³/mol. The van der Waals surface area contributed by atoms with E-state index in [1.165, 1.54) is 6.92 Å². The molecular weight excluding hydrogens is 361 g/mol. The van der Waals surface area contributed by atoms with Crippen LogP contribution in [0.4, 0.5) is 13.2 Å². The molecule has 2 rings (SSSR count). The normalized spacial score (nSPS) is 21.4. The molecule has 9 heteroatoms. The fourth-order valence-electron chi connectivity index (χ4n) is 3.44. The first-order valence-corrected chi connectivity index (χ1v) is 8.85. The van der Waals surface area contributed by atoms with Crippen molar-refractivity contribution in [3.63, 3.8) is 0 Å². The summed E-state index contributed by atoms with van der Waals surface area (Å²) in [5.74, 6) is -0.649. The van der Waals surface area contributed by atoms with E-state index in [2.05, 4.69) is 16.8 Å². The van der Waals surface area contributed by atoms with Crippen LogP contribution in [0.25, 0.3) is 0 Å². The number of aryl methyl sites for hydroxylation is 1. The van der Waals surface area contributed by atoms with Crippen LogP contribution < -0.4 is 5.73 Å². The molecule has 1 aliphatic rings. The number of amidine groups is 1. The maximum atomic E-state index is 12.7. The Labute approximate surface area is 156 Å². The molecule has 0 bridgehead atoms. The largest absolute Gasteiger partial charge is 0.435 e. The van der Waals surface area contributed by atoms with Gasteiger partial charge in [0.05, 0.1) is 6.42 Å². The third-order valence-corrected chi connectivity index (χ3v) is 4.98. The van der Waals surface area contributed by atoms with E-state index in [1.54, 1.807) is 0 Å². The monoisotopic (exact) mass is 386 g/mol. The molecule has 0 aliphatic heterocycles. The molecule has 0 aromatic carbocycles. The molecule has 2 N–H and O–H groups in total. The number of hydrogen-bond donors (Lipinski definition) is 1. The van der Waals surface area contributed by atoms with Crippen LogP contribution in [0.1, 0.15) is 56.8 Å². The third-order valence-electron chi connectivity index (χ3n) is 4.98. The van der Waals surface area contributed by atoms with Crippen LogP contribution in [0.2, 0.25) is 0 Å². The summed E-state index contributed by atoms with van der Waals surface area (Å²) in [6.45, 7) is 7.32. The fourth-order valence-corrected chi connectivity index (χ4v) is 3.44. The molecule has 0 saturated heterocycles. The Hall–Kier alpha value is -2.32. The SMILES string of the molecule is C=C1CCCC(CC)(CC(=O)O/N=C(\N)Cn2nc(C(F)(F)F)cc2C)C1. The molecule has 27 heavy (non-hydrogen) atoms. The molecule has 1 saturated carbocycles. The Morgan fingerprint density at radius 3 is 2.78 bits per heavy atom. The lowest BCUT2D eigenvalue weighted by Gasteiger charge is -2.36. The number of hydrogen-bond acceptors (Lipinski definition) is 4. The number of alkyl halides is 3. The Morgan fingerprint density at radius 2 is 2.22 bits per heavy atom. The van der Waals surface area contributed by atoms with Gasteiger partial charge in [0.2, 0.25) is 0 Å². The van der Waals surface area contributed by atoms with Crippen LogP contribution >= 0.6 is 0 Å². The zero-order chi connectivity index (χ0) is 20.2. The summed E-state index contributed by atoms with van der Waals surface area (Å²) < 4.78 is 39.1. The molecule has 1 aromatic heterocycles. The summed E-state index contributed by atoms with van der Waals surface area (Å²) in [5.41, 5.74) is 5.91. The van der Waals surface area contributed by atoms with Crippen LogP contribution in [0, 0.1) is 12.3 Å². The standard InChI is InChI=1S/C18H25F3N4O2/c1-4-17(7-5-6-12(2)9-17)10-16(26)27-24-15(22)11-25-13(3)8-14(23-25)18(19,20)21/h8H,2,4-7,9-11H2,1,3H3,(H2,22,24). The molecule has 1 aliphatic carbocycles. The maximum absolute atomic E-state index is 12.7. The number of halogens is 3. The molecule has 1 heterocycles. The van der Waals surface area contributed by atoms with Gasteiger partial charge < -0.3 is 10.6 Å². The fraction of sp³-hybridized carbons (Fsp3) is 0.611. The first-order chi connectivity index (χ1) is 12.5. The zero-order valence-electron chi connectivity index (χ0n) is 15.6. The first kappa shape index (κ1) is 21.0. The molecule has 1 unspecified atom stereocenters. The molecule has 0 spiro atoms. The van der Waals surface area contributed by atoms with Gasteiger partial charge >= 0.3 is 12.1 Å². The predicted octanol–water partition coefficient (Wildman–Crippen LogP) is 3.94. The van der Waals surface area contributed by atoms with E-state index in [9.17, 15) is 18.0 Å². The first-order valence-electron chi connectivity index (χ1n) is 8.85. The van der Waals surface area contributed by atoms with E-state index in [0.717, 1.165) is 48.4 Å². The number of carbonyl (C=O) groups is 1. The number of allylic oxidation sites excluding steroid dienone is 1. The maximum Gasteiger partial charge on any atom is 0.435 e. The van der Waals surface area contributed by atoms with E-state index < -0.39 is 17.8 Å². The van der Waals surface area contributed by atoms with Gasteiger partial charge in [0, 0.05) is 5.69 Å². The number of aromatic nitrogens is 2. The van der Waals surface area contributed by atoms with Gasteiger partial charge in [-0.1, -0.05) is 24.2 Å². The summed E-state index contributed by atoms with van der Waals surface area (Å²) in [6, 6.07) is 0.917. The van der Waals surface area contributed by atoms with Crippen molar-refractivity contribution >= 4 is 11.8 Å². The second kappa shape index (κ2) is 8.14. The molecule has 6 nitrogen and oxygen atoms in total. The van der Waals surface area contributed by atoms with E-state index in [0.29, 0.717) is 0 Å². The van der Waals surface area contributed by atoms with Crippen LogP contribution in [0.15, 0.2) is 23.4 Å². The van der Waals surface area contributed by atoms with E-state index >= 15 is 0 Å². The topological polar surface area (TPSA) is 82.5 Å². The van der Waals surface area contributed by atoms with Crippen molar-refractivity contribution in [1.82, 2.24) is 9.78 Å². The summed E-state index contributed by atoms with van der Waals surface area (Å²) in [6.07, 6.45) is 0.169. The average Bonchev–Trinajstić information content (AvgIpc) is 2.94. The van der Waals surface area contributed by atoms with Crippen LogP contribution in [0.3, 0.4) is 0 Å². The van der Waals surface area contributed by atoms with Gasteiger partial charge in [-0.05, 0) is 50.5 Å². The number of oxime groups is 1. The molecule has 0 radical (unpaired) electrons. The Morgan fingerprint density at radius 1 is 1.52 bits per heavy atom. The minimum atomic E-state index is -4.53. The Kier molecular flexibility index (Phi) is 6.33. The smallest absolute Gasteiger partial charge is 0.383 e. The van der Waals surface area contributed by atoms with Gasteiger partial charge in [-0.2, -0.15) is 18.3 Å². The van der Waals surface area contributed by atoms with Gasteiger partial charge in [0.1, 0.15) is 6.54 Å². The summed E-state index contributed by atoms with van der Waals surface area (Å²) in [4.78, 5) is 17.0. The van der Waals surface area contributed by atoms with Crippen molar-refractivity contribution in [2.75, 3.05) is 0 Å². The van der Waals surface area contributed by atoms with E-state index in [1.807, 2.05) is 6.92 Å².